The van der Waals surface area contributed by atoms with E-state index in [9.17, 15) is 0 Å². The number of fused-ring (bicyclic) bond motifs is 1. The second-order valence-corrected chi connectivity index (χ2v) is 6.10. The fourth-order valence-electron chi connectivity index (χ4n) is 2.43. The van der Waals surface area contributed by atoms with Crippen molar-refractivity contribution in [1.82, 2.24) is 19.8 Å². The summed E-state index contributed by atoms with van der Waals surface area (Å²) in [7, 11) is 0. The minimum atomic E-state index is 0.0735. The Morgan fingerprint density at radius 1 is 1.33 bits per heavy atom. The lowest BCUT2D eigenvalue weighted by atomic mass is 10.1. The van der Waals surface area contributed by atoms with Gasteiger partial charge < -0.3 is 10.5 Å². The predicted molar refractivity (Wildman–Crippen MR) is 66.5 cm³/mol. The van der Waals surface area contributed by atoms with Gasteiger partial charge in [-0.1, -0.05) is 11.3 Å². The van der Waals surface area contributed by atoms with E-state index >= 15 is 0 Å². The van der Waals surface area contributed by atoms with Gasteiger partial charge in [0.25, 0.3) is 0 Å². The molecule has 2 fully saturated rings. The van der Waals surface area contributed by atoms with Gasteiger partial charge in [0.2, 0.25) is 4.96 Å². The highest BCUT2D eigenvalue weighted by Crippen LogP contribution is 2.40. The van der Waals surface area contributed by atoms with Gasteiger partial charge in [-0.25, -0.2) is 0 Å². The monoisotopic (exact) mass is 265 g/mol. The lowest BCUT2D eigenvalue weighted by Gasteiger charge is -2.05. The van der Waals surface area contributed by atoms with E-state index in [0.29, 0.717) is 11.8 Å². The summed E-state index contributed by atoms with van der Waals surface area (Å²) in [6.45, 7) is 1.53. The Bertz CT molecular complexity index is 569. The Balaban J connectivity index is 1.71. The predicted octanol–water partition coefficient (Wildman–Crippen LogP) is 1.10. The first-order valence-electron chi connectivity index (χ1n) is 6.38. The molecule has 2 N–H and O–H groups in total. The van der Waals surface area contributed by atoms with Crippen LogP contribution in [0.4, 0.5) is 0 Å². The van der Waals surface area contributed by atoms with Crippen molar-refractivity contribution >= 4 is 16.3 Å². The topological polar surface area (TPSA) is 78.3 Å². The summed E-state index contributed by atoms with van der Waals surface area (Å²) >= 11 is 1.57. The number of nitrogens with two attached hydrogens (primary N) is 1. The van der Waals surface area contributed by atoms with Crippen LogP contribution < -0.4 is 5.73 Å². The maximum absolute atomic E-state index is 6.19. The lowest BCUT2D eigenvalue weighted by Crippen LogP contribution is -2.13. The second-order valence-electron chi connectivity index (χ2n) is 5.12. The fourth-order valence-corrected chi connectivity index (χ4v) is 3.37. The van der Waals surface area contributed by atoms with Gasteiger partial charge in [0, 0.05) is 12.5 Å². The molecule has 6 nitrogen and oxygen atoms in total. The third-order valence-electron chi connectivity index (χ3n) is 3.74. The van der Waals surface area contributed by atoms with Crippen LogP contribution in [0.2, 0.25) is 0 Å². The second kappa shape index (κ2) is 3.97. The van der Waals surface area contributed by atoms with Gasteiger partial charge in [-0.05, 0) is 25.2 Å². The van der Waals surface area contributed by atoms with E-state index in [1.807, 2.05) is 4.52 Å². The van der Waals surface area contributed by atoms with Crippen molar-refractivity contribution in [3.63, 3.8) is 0 Å². The number of ether oxygens (including phenoxy) is 1. The first-order valence-corrected chi connectivity index (χ1v) is 7.20. The highest BCUT2D eigenvalue weighted by atomic mass is 32.1. The highest BCUT2D eigenvalue weighted by molar-refractivity contribution is 7.16. The van der Waals surface area contributed by atoms with Crippen LogP contribution >= 0.6 is 11.3 Å². The number of nitrogens with zero attached hydrogens (tertiary/aromatic N) is 4. The molecule has 2 aromatic heterocycles. The zero-order valence-corrected chi connectivity index (χ0v) is 10.8. The van der Waals surface area contributed by atoms with E-state index in [1.54, 1.807) is 11.3 Å². The molecule has 0 amide bonds. The third kappa shape index (κ3) is 1.65. The summed E-state index contributed by atoms with van der Waals surface area (Å²) < 4.78 is 7.26. The Kier molecular flexibility index (Phi) is 2.39. The van der Waals surface area contributed by atoms with Crippen LogP contribution in [-0.4, -0.2) is 33.0 Å². The van der Waals surface area contributed by atoms with Crippen molar-refractivity contribution in [2.45, 2.75) is 31.2 Å². The molecule has 0 spiro atoms. The molecule has 1 aliphatic heterocycles. The molecule has 2 unspecified atom stereocenters. The molecule has 4 rings (SSSR count). The van der Waals surface area contributed by atoms with Crippen LogP contribution in [0.25, 0.3) is 4.96 Å². The van der Waals surface area contributed by atoms with Gasteiger partial charge in [0.05, 0.1) is 12.6 Å². The van der Waals surface area contributed by atoms with Gasteiger partial charge in [-0.15, -0.1) is 10.2 Å². The van der Waals surface area contributed by atoms with Crippen LogP contribution in [0.3, 0.4) is 0 Å². The molecule has 1 saturated heterocycles. The largest absolute Gasteiger partial charge is 0.381 e. The molecular weight excluding hydrogens is 250 g/mol. The Morgan fingerprint density at radius 3 is 2.94 bits per heavy atom. The minimum absolute atomic E-state index is 0.0735. The number of aromatic nitrogens is 4. The van der Waals surface area contributed by atoms with Crippen LogP contribution in [0, 0.1) is 5.92 Å². The molecule has 0 aromatic carbocycles. The average molecular weight is 265 g/mol. The van der Waals surface area contributed by atoms with E-state index < -0.39 is 0 Å². The van der Waals surface area contributed by atoms with Crippen LogP contribution in [0.5, 0.6) is 0 Å². The molecular formula is C11H15N5OS. The summed E-state index contributed by atoms with van der Waals surface area (Å²) in [6.07, 6.45) is 3.46. The maximum atomic E-state index is 6.19. The number of hydrogen-bond donors (Lipinski definition) is 1. The molecule has 0 radical (unpaired) electrons. The Hall–Kier alpha value is -1.05. The first-order chi connectivity index (χ1) is 8.83. The van der Waals surface area contributed by atoms with Gasteiger partial charge in [-0.2, -0.15) is 9.61 Å². The smallest absolute Gasteiger partial charge is 0.234 e. The zero-order chi connectivity index (χ0) is 12.1. The Labute approximate surface area is 108 Å². The molecule has 18 heavy (non-hydrogen) atoms. The van der Waals surface area contributed by atoms with E-state index in [4.69, 9.17) is 10.5 Å². The van der Waals surface area contributed by atoms with Crippen molar-refractivity contribution in [1.29, 1.82) is 0 Å². The lowest BCUT2D eigenvalue weighted by molar-refractivity contribution is 0.193. The molecule has 2 aliphatic rings. The van der Waals surface area contributed by atoms with Crippen molar-refractivity contribution < 1.29 is 4.74 Å². The quantitative estimate of drug-likeness (QED) is 0.899. The molecule has 1 aliphatic carbocycles. The number of rotatable bonds is 3. The molecule has 1 saturated carbocycles. The van der Waals surface area contributed by atoms with Crippen LogP contribution in [0.15, 0.2) is 0 Å². The molecule has 7 heteroatoms. The highest BCUT2D eigenvalue weighted by Gasteiger charge is 2.33. The van der Waals surface area contributed by atoms with Crippen LogP contribution in [0.1, 0.15) is 42.1 Å². The molecule has 2 aromatic rings. The maximum Gasteiger partial charge on any atom is 0.234 e. The third-order valence-corrected chi connectivity index (χ3v) is 4.74. The normalized spacial score (nSPS) is 25.9. The van der Waals surface area contributed by atoms with Crippen molar-refractivity contribution in [2.75, 3.05) is 13.2 Å². The summed E-state index contributed by atoms with van der Waals surface area (Å²) in [5.41, 5.74) is 6.19. The SMILES string of the molecule is NC(c1nn2c(C3CCOC3)nnc2s1)C1CC1. The summed E-state index contributed by atoms with van der Waals surface area (Å²) in [5, 5.41) is 14.0. The van der Waals surface area contributed by atoms with Gasteiger partial charge >= 0.3 is 0 Å². The summed E-state index contributed by atoms with van der Waals surface area (Å²) in [4.78, 5) is 0.850. The van der Waals surface area contributed by atoms with Gasteiger partial charge in [0.1, 0.15) is 5.01 Å². The molecule has 3 heterocycles. The number of hydrogen-bond acceptors (Lipinski definition) is 6. The summed E-state index contributed by atoms with van der Waals surface area (Å²) in [6, 6.07) is 0.0735. The molecule has 2 atom stereocenters. The molecule has 0 bridgehead atoms. The van der Waals surface area contributed by atoms with E-state index in [0.717, 1.165) is 35.4 Å². The van der Waals surface area contributed by atoms with Crippen molar-refractivity contribution in [3.05, 3.63) is 10.8 Å². The standard InChI is InChI=1S/C11H15N5OS/c12-8(6-1-2-6)10-15-16-9(7-3-4-17-5-7)13-14-11(16)18-10/h6-8H,1-5,12H2. The first kappa shape index (κ1) is 10.8. The Morgan fingerprint density at radius 2 is 2.22 bits per heavy atom. The van der Waals surface area contributed by atoms with E-state index in [1.165, 1.54) is 12.8 Å². The summed E-state index contributed by atoms with van der Waals surface area (Å²) in [5.74, 6) is 1.87. The zero-order valence-electron chi connectivity index (χ0n) is 9.95. The minimum Gasteiger partial charge on any atom is -0.381 e. The van der Waals surface area contributed by atoms with Crippen molar-refractivity contribution in [3.8, 4) is 0 Å². The van der Waals surface area contributed by atoms with Gasteiger partial charge in [-0.3, -0.25) is 0 Å². The fraction of sp³-hybridized carbons (Fsp3) is 0.727. The van der Waals surface area contributed by atoms with Crippen molar-refractivity contribution in [2.24, 2.45) is 11.7 Å². The van der Waals surface area contributed by atoms with Crippen LogP contribution in [-0.2, 0) is 4.74 Å². The van der Waals surface area contributed by atoms with E-state index in [2.05, 4.69) is 15.3 Å². The van der Waals surface area contributed by atoms with Gasteiger partial charge in [0.15, 0.2) is 5.82 Å². The average Bonchev–Trinajstić information content (AvgIpc) is 2.79. The molecule has 96 valence electrons. The van der Waals surface area contributed by atoms with E-state index in [-0.39, 0.29) is 6.04 Å².